The molecule has 1 amide bonds. The van der Waals surface area contributed by atoms with E-state index in [-0.39, 0.29) is 16.9 Å². The van der Waals surface area contributed by atoms with Crippen LogP contribution in [0, 0.1) is 5.82 Å². The minimum atomic E-state index is -0.948. The topological polar surface area (TPSA) is 57.6 Å². The number of carbonyl (C=O) groups excluding carboxylic acids is 2. The molecule has 116 valence electrons. The number of ketones is 1. The van der Waals surface area contributed by atoms with Crippen LogP contribution in [0.5, 0.6) is 0 Å². The van der Waals surface area contributed by atoms with Crippen LogP contribution in [0.25, 0.3) is 5.76 Å². The zero-order chi connectivity index (χ0) is 16.6. The molecule has 0 spiro atoms. The van der Waals surface area contributed by atoms with Crippen LogP contribution in [0.15, 0.2) is 60.2 Å². The van der Waals surface area contributed by atoms with Crippen LogP contribution in [-0.4, -0.2) is 28.7 Å². The Kier molecular flexibility index (Phi) is 3.70. The van der Waals surface area contributed by atoms with Crippen molar-refractivity contribution in [1.82, 2.24) is 4.90 Å². The lowest BCUT2D eigenvalue weighted by molar-refractivity contribution is -0.139. The third-order valence-corrected chi connectivity index (χ3v) is 3.92. The largest absolute Gasteiger partial charge is 0.507 e. The third-order valence-electron chi connectivity index (χ3n) is 3.92. The molecule has 2 aromatic carbocycles. The molecule has 5 heteroatoms. The Morgan fingerprint density at radius 1 is 1.04 bits per heavy atom. The quantitative estimate of drug-likeness (QED) is 0.527. The predicted molar refractivity (Wildman–Crippen MR) is 82.9 cm³/mol. The Bertz CT molecular complexity index is 814. The maximum atomic E-state index is 14.2. The summed E-state index contributed by atoms with van der Waals surface area (Å²) in [7, 11) is 1.42. The van der Waals surface area contributed by atoms with Gasteiger partial charge in [-0.1, -0.05) is 48.5 Å². The molecule has 1 atom stereocenters. The SMILES string of the molecule is CN1C(=O)C(=O)/C(=C(\O)c2ccccc2)C1c1ccccc1F. The van der Waals surface area contributed by atoms with Gasteiger partial charge in [0.2, 0.25) is 0 Å². The number of halogens is 1. The molecule has 1 saturated heterocycles. The second kappa shape index (κ2) is 5.68. The van der Waals surface area contributed by atoms with E-state index in [4.69, 9.17) is 0 Å². The van der Waals surface area contributed by atoms with E-state index in [1.807, 2.05) is 0 Å². The summed E-state index contributed by atoms with van der Waals surface area (Å²) < 4.78 is 14.2. The number of aliphatic hydroxyl groups is 1. The number of amides is 1. The molecule has 1 unspecified atom stereocenters. The fourth-order valence-electron chi connectivity index (χ4n) is 2.76. The molecule has 0 radical (unpaired) electrons. The molecule has 1 fully saturated rings. The van der Waals surface area contributed by atoms with Crippen LogP contribution in [0.3, 0.4) is 0 Å². The van der Waals surface area contributed by atoms with Crippen molar-refractivity contribution in [3.05, 3.63) is 77.1 Å². The normalized spacial score (nSPS) is 20.1. The molecule has 2 aromatic rings. The average Bonchev–Trinajstić information content (AvgIpc) is 2.80. The highest BCUT2D eigenvalue weighted by Gasteiger charge is 2.45. The number of hydrogen-bond acceptors (Lipinski definition) is 3. The van der Waals surface area contributed by atoms with E-state index in [9.17, 15) is 19.1 Å². The smallest absolute Gasteiger partial charge is 0.295 e. The van der Waals surface area contributed by atoms with Gasteiger partial charge in [0.1, 0.15) is 11.6 Å². The zero-order valence-corrected chi connectivity index (χ0v) is 12.4. The molecule has 3 rings (SSSR count). The van der Waals surface area contributed by atoms with Gasteiger partial charge < -0.3 is 10.0 Å². The first-order valence-electron chi connectivity index (χ1n) is 7.07. The summed E-state index contributed by atoms with van der Waals surface area (Å²) in [6.45, 7) is 0. The van der Waals surface area contributed by atoms with Crippen LogP contribution in [0.2, 0.25) is 0 Å². The standard InChI is InChI=1S/C18H14FNO3/c1-20-15(12-9-5-6-10-13(12)19)14(17(22)18(20)23)16(21)11-7-3-2-4-8-11/h2-10,15,21H,1H3/b16-14-. The molecule has 4 nitrogen and oxygen atoms in total. The Labute approximate surface area is 132 Å². The summed E-state index contributed by atoms with van der Waals surface area (Å²) in [5.41, 5.74) is 0.473. The first-order chi connectivity index (χ1) is 11.0. The van der Waals surface area contributed by atoms with E-state index < -0.39 is 23.5 Å². The van der Waals surface area contributed by atoms with E-state index in [1.54, 1.807) is 36.4 Å². The van der Waals surface area contributed by atoms with Gasteiger partial charge in [0, 0.05) is 18.2 Å². The molecule has 23 heavy (non-hydrogen) atoms. The number of rotatable bonds is 2. The fourth-order valence-corrected chi connectivity index (χ4v) is 2.76. The number of benzene rings is 2. The van der Waals surface area contributed by atoms with Crippen LogP contribution in [0.1, 0.15) is 17.2 Å². The Balaban J connectivity index is 2.22. The molecule has 0 saturated carbocycles. The van der Waals surface area contributed by atoms with Gasteiger partial charge >= 0.3 is 0 Å². The van der Waals surface area contributed by atoms with Gasteiger partial charge in [-0.2, -0.15) is 0 Å². The second-order valence-corrected chi connectivity index (χ2v) is 5.30. The van der Waals surface area contributed by atoms with Crippen molar-refractivity contribution in [1.29, 1.82) is 0 Å². The number of likely N-dealkylation sites (N-methyl/N-ethyl adjacent to an activating group) is 1. The average molecular weight is 311 g/mol. The summed E-state index contributed by atoms with van der Waals surface area (Å²) in [6, 6.07) is 13.4. The van der Waals surface area contributed by atoms with E-state index >= 15 is 0 Å². The third kappa shape index (κ3) is 2.40. The van der Waals surface area contributed by atoms with Crippen molar-refractivity contribution >= 4 is 17.4 Å². The summed E-state index contributed by atoms with van der Waals surface area (Å²) in [4.78, 5) is 25.5. The van der Waals surface area contributed by atoms with Crippen LogP contribution in [-0.2, 0) is 9.59 Å². The molecular formula is C18H14FNO3. The van der Waals surface area contributed by atoms with Crippen molar-refractivity contribution in [2.45, 2.75) is 6.04 Å². The van der Waals surface area contributed by atoms with Crippen LogP contribution < -0.4 is 0 Å². The predicted octanol–water partition coefficient (Wildman–Crippen LogP) is 2.88. The van der Waals surface area contributed by atoms with Gasteiger partial charge in [0.05, 0.1) is 11.6 Å². The Morgan fingerprint density at radius 3 is 2.30 bits per heavy atom. The molecule has 1 N–H and O–H groups in total. The molecule has 0 aromatic heterocycles. The number of aliphatic hydroxyl groups excluding tert-OH is 1. The van der Waals surface area contributed by atoms with Gasteiger partial charge in [-0.05, 0) is 6.07 Å². The lowest BCUT2D eigenvalue weighted by atomic mass is 9.95. The van der Waals surface area contributed by atoms with Gasteiger partial charge in [-0.25, -0.2) is 4.39 Å². The monoisotopic (exact) mass is 311 g/mol. The number of Topliss-reactive ketones (excluding diaryl/α,β-unsaturated/α-hetero) is 1. The van der Waals surface area contributed by atoms with Gasteiger partial charge in [0.15, 0.2) is 0 Å². The van der Waals surface area contributed by atoms with E-state index in [2.05, 4.69) is 0 Å². The molecule has 0 aliphatic carbocycles. The highest BCUT2D eigenvalue weighted by Crippen LogP contribution is 2.39. The molecular weight excluding hydrogens is 297 g/mol. The maximum absolute atomic E-state index is 14.2. The van der Waals surface area contributed by atoms with Crippen molar-refractivity contribution in [3.63, 3.8) is 0 Å². The van der Waals surface area contributed by atoms with E-state index in [0.717, 1.165) is 4.90 Å². The molecule has 0 bridgehead atoms. The number of carbonyl (C=O) groups is 2. The van der Waals surface area contributed by atoms with Crippen molar-refractivity contribution in [2.24, 2.45) is 0 Å². The fraction of sp³-hybridized carbons (Fsp3) is 0.111. The summed E-state index contributed by atoms with van der Waals surface area (Å²) in [6.07, 6.45) is 0. The van der Waals surface area contributed by atoms with Gasteiger partial charge in [-0.3, -0.25) is 9.59 Å². The lowest BCUT2D eigenvalue weighted by Gasteiger charge is -2.21. The molecule has 1 heterocycles. The minimum Gasteiger partial charge on any atom is -0.507 e. The minimum absolute atomic E-state index is 0.103. The first kappa shape index (κ1) is 15.0. The first-order valence-corrected chi connectivity index (χ1v) is 7.07. The Hall–Kier alpha value is -2.95. The van der Waals surface area contributed by atoms with Crippen molar-refractivity contribution < 1.29 is 19.1 Å². The van der Waals surface area contributed by atoms with Crippen LogP contribution in [0.4, 0.5) is 4.39 Å². The van der Waals surface area contributed by atoms with Crippen molar-refractivity contribution in [3.8, 4) is 0 Å². The summed E-state index contributed by atoms with van der Waals surface area (Å²) in [5, 5.41) is 10.5. The highest BCUT2D eigenvalue weighted by molar-refractivity contribution is 6.46. The van der Waals surface area contributed by atoms with Crippen molar-refractivity contribution in [2.75, 3.05) is 7.05 Å². The Morgan fingerprint density at radius 2 is 1.65 bits per heavy atom. The number of likely N-dealkylation sites (tertiary alicyclic amines) is 1. The van der Waals surface area contributed by atoms with Gasteiger partial charge in [-0.15, -0.1) is 0 Å². The van der Waals surface area contributed by atoms with Crippen LogP contribution >= 0.6 is 0 Å². The van der Waals surface area contributed by atoms with Gasteiger partial charge in [0.25, 0.3) is 11.7 Å². The number of hydrogen-bond donors (Lipinski definition) is 1. The van der Waals surface area contributed by atoms with E-state index in [0.29, 0.717) is 5.56 Å². The molecule has 1 aliphatic rings. The summed E-state index contributed by atoms with van der Waals surface area (Å²) in [5.74, 6) is -2.43. The highest BCUT2D eigenvalue weighted by atomic mass is 19.1. The maximum Gasteiger partial charge on any atom is 0.295 e. The summed E-state index contributed by atoms with van der Waals surface area (Å²) >= 11 is 0. The second-order valence-electron chi connectivity index (χ2n) is 5.30. The van der Waals surface area contributed by atoms with E-state index in [1.165, 1.54) is 25.2 Å². The number of nitrogens with zero attached hydrogens (tertiary/aromatic N) is 1. The lowest BCUT2D eigenvalue weighted by Crippen LogP contribution is -2.25. The zero-order valence-electron chi connectivity index (χ0n) is 12.4. The molecule has 1 aliphatic heterocycles.